The van der Waals surface area contributed by atoms with Crippen LogP contribution >= 0.6 is 24.0 Å². The van der Waals surface area contributed by atoms with Crippen LogP contribution in [0.3, 0.4) is 0 Å². The first-order valence-corrected chi connectivity index (χ1v) is 8.33. The monoisotopic (exact) mass is 452 g/mol. The summed E-state index contributed by atoms with van der Waals surface area (Å²) in [5, 5.41) is 6.80. The van der Waals surface area contributed by atoms with Gasteiger partial charge in [-0.1, -0.05) is 54.6 Å². The minimum absolute atomic E-state index is 0. The number of nitrogens with one attached hydrogen (secondary N) is 2. The summed E-state index contributed by atoms with van der Waals surface area (Å²) in [6.07, 6.45) is 0. The molecular formula is C20H29IN4. The van der Waals surface area contributed by atoms with E-state index in [0.29, 0.717) is 0 Å². The molecule has 0 heterocycles. The summed E-state index contributed by atoms with van der Waals surface area (Å²) in [7, 11) is 5.96. The van der Waals surface area contributed by atoms with Gasteiger partial charge in [0.25, 0.3) is 0 Å². The van der Waals surface area contributed by atoms with Gasteiger partial charge in [-0.3, -0.25) is 4.99 Å². The third-order valence-corrected chi connectivity index (χ3v) is 3.86. The van der Waals surface area contributed by atoms with Crippen LogP contribution in [0.5, 0.6) is 0 Å². The first-order valence-electron chi connectivity index (χ1n) is 8.33. The fraction of sp³-hybridized carbons (Fsp3) is 0.350. The SMILES string of the molecule is CN=C(NCc1ccc(CN(C)C)cc1)NC(C)c1ccccc1.I. The highest BCUT2D eigenvalue weighted by atomic mass is 127. The van der Waals surface area contributed by atoms with Gasteiger partial charge in [0.1, 0.15) is 0 Å². The minimum atomic E-state index is 0. The Hall–Kier alpha value is -1.60. The van der Waals surface area contributed by atoms with E-state index in [-0.39, 0.29) is 30.0 Å². The zero-order valence-electron chi connectivity index (χ0n) is 15.5. The molecule has 0 aromatic heterocycles. The Morgan fingerprint density at radius 1 is 1.00 bits per heavy atom. The Kier molecular flexibility index (Phi) is 9.52. The predicted molar refractivity (Wildman–Crippen MR) is 117 cm³/mol. The molecule has 1 atom stereocenters. The third-order valence-electron chi connectivity index (χ3n) is 3.86. The van der Waals surface area contributed by atoms with Crippen molar-refractivity contribution in [1.29, 1.82) is 0 Å². The third kappa shape index (κ3) is 7.44. The molecule has 0 amide bonds. The summed E-state index contributed by atoms with van der Waals surface area (Å²) in [5.41, 5.74) is 3.81. The number of benzene rings is 2. The Morgan fingerprint density at radius 3 is 2.16 bits per heavy atom. The highest BCUT2D eigenvalue weighted by molar-refractivity contribution is 14.0. The zero-order chi connectivity index (χ0) is 17.4. The van der Waals surface area contributed by atoms with Crippen LogP contribution in [0.2, 0.25) is 0 Å². The summed E-state index contributed by atoms with van der Waals surface area (Å²) >= 11 is 0. The molecule has 2 N–H and O–H groups in total. The lowest BCUT2D eigenvalue weighted by Gasteiger charge is -2.18. The molecule has 0 aliphatic heterocycles. The van der Waals surface area contributed by atoms with Crippen molar-refractivity contribution in [2.45, 2.75) is 26.1 Å². The molecule has 0 saturated carbocycles. The molecule has 0 aliphatic rings. The fourth-order valence-electron chi connectivity index (χ4n) is 2.54. The first-order chi connectivity index (χ1) is 11.6. The highest BCUT2D eigenvalue weighted by Crippen LogP contribution is 2.11. The molecule has 0 saturated heterocycles. The number of hydrogen-bond acceptors (Lipinski definition) is 2. The molecule has 0 bridgehead atoms. The average molecular weight is 452 g/mol. The van der Waals surface area contributed by atoms with Gasteiger partial charge in [-0.15, -0.1) is 24.0 Å². The van der Waals surface area contributed by atoms with Gasteiger partial charge >= 0.3 is 0 Å². The van der Waals surface area contributed by atoms with E-state index < -0.39 is 0 Å². The van der Waals surface area contributed by atoms with Crippen LogP contribution in [0, 0.1) is 0 Å². The summed E-state index contributed by atoms with van der Waals surface area (Å²) in [5.74, 6) is 0.809. The van der Waals surface area contributed by atoms with E-state index >= 15 is 0 Å². The summed E-state index contributed by atoms with van der Waals surface area (Å²) in [6.45, 7) is 3.85. The maximum atomic E-state index is 4.31. The smallest absolute Gasteiger partial charge is 0.191 e. The van der Waals surface area contributed by atoms with Crippen LogP contribution in [0.15, 0.2) is 59.6 Å². The molecule has 2 aromatic carbocycles. The maximum absolute atomic E-state index is 4.31. The van der Waals surface area contributed by atoms with Crippen LogP contribution in [0.25, 0.3) is 0 Å². The van der Waals surface area contributed by atoms with E-state index in [9.17, 15) is 0 Å². The van der Waals surface area contributed by atoms with Gasteiger partial charge in [0.15, 0.2) is 5.96 Å². The minimum Gasteiger partial charge on any atom is -0.352 e. The first kappa shape index (κ1) is 21.4. The summed E-state index contributed by atoms with van der Waals surface area (Å²) in [6, 6.07) is 19.3. The largest absolute Gasteiger partial charge is 0.352 e. The van der Waals surface area contributed by atoms with E-state index in [1.54, 1.807) is 7.05 Å². The standard InChI is InChI=1S/C20H28N4.HI/c1-16(19-8-6-5-7-9-19)23-20(21-2)22-14-17-10-12-18(13-11-17)15-24(3)4;/h5-13,16H,14-15H2,1-4H3,(H2,21,22,23);1H. The molecule has 0 spiro atoms. The van der Waals surface area contributed by atoms with Gasteiger partial charge in [0, 0.05) is 20.1 Å². The molecule has 2 rings (SSSR count). The van der Waals surface area contributed by atoms with Crippen molar-refractivity contribution in [2.24, 2.45) is 4.99 Å². The number of halogens is 1. The fourth-order valence-corrected chi connectivity index (χ4v) is 2.54. The van der Waals surface area contributed by atoms with Crippen molar-refractivity contribution in [2.75, 3.05) is 21.1 Å². The topological polar surface area (TPSA) is 39.7 Å². The molecule has 0 fully saturated rings. The normalized spacial score (nSPS) is 12.4. The van der Waals surface area contributed by atoms with Gasteiger partial charge in [-0.2, -0.15) is 0 Å². The zero-order valence-corrected chi connectivity index (χ0v) is 17.8. The van der Waals surface area contributed by atoms with E-state index in [4.69, 9.17) is 0 Å². The van der Waals surface area contributed by atoms with E-state index in [2.05, 4.69) is 90.1 Å². The quantitative estimate of drug-likeness (QED) is 0.398. The highest BCUT2D eigenvalue weighted by Gasteiger charge is 2.07. The van der Waals surface area contributed by atoms with Crippen molar-refractivity contribution in [3.63, 3.8) is 0 Å². The van der Waals surface area contributed by atoms with Gasteiger partial charge < -0.3 is 15.5 Å². The van der Waals surface area contributed by atoms with Gasteiger partial charge in [-0.25, -0.2) is 0 Å². The molecule has 136 valence electrons. The van der Waals surface area contributed by atoms with E-state index in [0.717, 1.165) is 19.0 Å². The summed E-state index contributed by atoms with van der Waals surface area (Å²) in [4.78, 5) is 6.48. The number of aliphatic imine (C=N–C) groups is 1. The molecule has 2 aromatic rings. The van der Waals surface area contributed by atoms with Crippen LogP contribution < -0.4 is 10.6 Å². The average Bonchev–Trinajstić information content (AvgIpc) is 2.60. The van der Waals surface area contributed by atoms with Crippen LogP contribution in [0.1, 0.15) is 29.7 Å². The van der Waals surface area contributed by atoms with Crippen molar-refractivity contribution in [3.8, 4) is 0 Å². The lowest BCUT2D eigenvalue weighted by molar-refractivity contribution is 0.402. The number of nitrogens with zero attached hydrogens (tertiary/aromatic N) is 2. The number of hydrogen-bond donors (Lipinski definition) is 2. The van der Waals surface area contributed by atoms with E-state index in [1.165, 1.54) is 16.7 Å². The molecule has 1 unspecified atom stereocenters. The lowest BCUT2D eigenvalue weighted by atomic mass is 10.1. The van der Waals surface area contributed by atoms with Crippen LogP contribution in [-0.4, -0.2) is 32.0 Å². The molecule has 25 heavy (non-hydrogen) atoms. The Balaban J connectivity index is 0.00000312. The maximum Gasteiger partial charge on any atom is 0.191 e. The van der Waals surface area contributed by atoms with Gasteiger partial charge in [0.05, 0.1) is 6.04 Å². The Labute approximate surface area is 168 Å². The van der Waals surface area contributed by atoms with Crippen molar-refractivity contribution in [1.82, 2.24) is 15.5 Å². The molecule has 5 heteroatoms. The van der Waals surface area contributed by atoms with Crippen molar-refractivity contribution in [3.05, 3.63) is 71.3 Å². The Morgan fingerprint density at radius 2 is 1.60 bits per heavy atom. The second-order valence-corrected chi connectivity index (χ2v) is 6.26. The molecule has 0 radical (unpaired) electrons. The Bertz CT molecular complexity index is 639. The summed E-state index contributed by atoms with van der Waals surface area (Å²) < 4.78 is 0. The second kappa shape index (κ2) is 11.1. The lowest BCUT2D eigenvalue weighted by Crippen LogP contribution is -2.38. The van der Waals surface area contributed by atoms with Crippen molar-refractivity contribution >= 4 is 29.9 Å². The van der Waals surface area contributed by atoms with Crippen LogP contribution in [-0.2, 0) is 13.1 Å². The van der Waals surface area contributed by atoms with Crippen molar-refractivity contribution < 1.29 is 0 Å². The second-order valence-electron chi connectivity index (χ2n) is 6.26. The number of guanidine groups is 1. The van der Waals surface area contributed by atoms with Gasteiger partial charge in [-0.05, 0) is 37.7 Å². The molecule has 0 aliphatic carbocycles. The van der Waals surface area contributed by atoms with Crippen LogP contribution in [0.4, 0.5) is 0 Å². The predicted octanol–water partition coefficient (Wildman–Crippen LogP) is 3.79. The van der Waals surface area contributed by atoms with E-state index in [1.807, 2.05) is 6.07 Å². The molecule has 4 nitrogen and oxygen atoms in total. The molecular weight excluding hydrogens is 423 g/mol. The number of rotatable bonds is 6. The van der Waals surface area contributed by atoms with Gasteiger partial charge in [0.2, 0.25) is 0 Å².